The first-order valence-corrected chi connectivity index (χ1v) is 6.16. The summed E-state index contributed by atoms with van der Waals surface area (Å²) in [5, 5.41) is 8.27. The summed E-state index contributed by atoms with van der Waals surface area (Å²) in [6, 6.07) is 7.84. The molecule has 1 heterocycles. The zero-order valence-electron chi connectivity index (χ0n) is 9.64. The summed E-state index contributed by atoms with van der Waals surface area (Å²) in [7, 11) is 0. The van der Waals surface area contributed by atoms with E-state index in [1.807, 2.05) is 31.2 Å². The number of carbonyl (C=O) groups is 1. The van der Waals surface area contributed by atoms with Gasteiger partial charge in [0.1, 0.15) is 5.78 Å². The third-order valence-electron chi connectivity index (χ3n) is 2.07. The van der Waals surface area contributed by atoms with Gasteiger partial charge in [-0.3, -0.25) is 4.79 Å². The molecular weight excluding hydrogens is 236 g/mol. The Bertz CT molecular complexity index is 537. The van der Waals surface area contributed by atoms with Crippen molar-refractivity contribution in [3.63, 3.8) is 0 Å². The van der Waals surface area contributed by atoms with E-state index in [1.165, 1.54) is 18.7 Å². The van der Waals surface area contributed by atoms with Crippen LogP contribution in [0.5, 0.6) is 0 Å². The SMILES string of the molecule is CC(=O)CSc1nnc(-c2cccc(C)c2)o1. The average molecular weight is 248 g/mol. The topological polar surface area (TPSA) is 56.0 Å². The zero-order valence-corrected chi connectivity index (χ0v) is 10.5. The van der Waals surface area contributed by atoms with Gasteiger partial charge in [-0.1, -0.05) is 29.5 Å². The Labute approximate surface area is 103 Å². The molecular formula is C12H12N2O2S. The summed E-state index contributed by atoms with van der Waals surface area (Å²) in [5.74, 6) is 0.931. The molecule has 0 aliphatic carbocycles. The van der Waals surface area contributed by atoms with E-state index < -0.39 is 0 Å². The molecule has 0 amide bonds. The number of benzene rings is 1. The summed E-state index contributed by atoms with van der Waals surface area (Å²) < 4.78 is 5.46. The van der Waals surface area contributed by atoms with E-state index >= 15 is 0 Å². The van der Waals surface area contributed by atoms with Gasteiger partial charge < -0.3 is 4.42 Å². The Morgan fingerprint density at radius 1 is 1.41 bits per heavy atom. The van der Waals surface area contributed by atoms with Gasteiger partial charge in [0.25, 0.3) is 5.22 Å². The minimum absolute atomic E-state index is 0.0882. The molecule has 0 aliphatic rings. The van der Waals surface area contributed by atoms with Crippen LogP contribution in [0.2, 0.25) is 0 Å². The lowest BCUT2D eigenvalue weighted by atomic mass is 10.1. The molecule has 88 valence electrons. The molecule has 0 N–H and O–H groups in total. The molecule has 0 saturated carbocycles. The summed E-state index contributed by atoms with van der Waals surface area (Å²) >= 11 is 1.26. The van der Waals surface area contributed by atoms with Crippen LogP contribution in [-0.4, -0.2) is 21.7 Å². The molecule has 1 aromatic carbocycles. The van der Waals surface area contributed by atoms with Gasteiger partial charge in [-0.15, -0.1) is 10.2 Å². The molecule has 0 saturated heterocycles. The molecule has 0 atom stereocenters. The lowest BCUT2D eigenvalue weighted by molar-refractivity contribution is -0.114. The quantitative estimate of drug-likeness (QED) is 0.779. The minimum atomic E-state index is 0.0882. The Morgan fingerprint density at radius 3 is 2.94 bits per heavy atom. The maximum atomic E-state index is 10.8. The number of Topliss-reactive ketones (excluding diaryl/α,β-unsaturated/α-hetero) is 1. The van der Waals surface area contributed by atoms with Crippen molar-refractivity contribution in [1.29, 1.82) is 0 Å². The number of ketones is 1. The molecule has 0 unspecified atom stereocenters. The van der Waals surface area contributed by atoms with Crippen LogP contribution in [0.4, 0.5) is 0 Å². The van der Waals surface area contributed by atoms with E-state index in [1.54, 1.807) is 0 Å². The number of rotatable bonds is 4. The molecule has 0 aliphatic heterocycles. The number of aryl methyl sites for hydroxylation is 1. The van der Waals surface area contributed by atoms with Crippen molar-refractivity contribution in [3.8, 4) is 11.5 Å². The van der Waals surface area contributed by atoms with Crippen LogP contribution >= 0.6 is 11.8 Å². The summed E-state index contributed by atoms with van der Waals surface area (Å²) in [4.78, 5) is 10.8. The summed E-state index contributed by atoms with van der Waals surface area (Å²) in [6.07, 6.45) is 0. The number of aromatic nitrogens is 2. The standard InChI is InChI=1S/C12H12N2O2S/c1-8-4-3-5-10(6-8)11-13-14-12(16-11)17-7-9(2)15/h3-6H,7H2,1-2H3. The fraction of sp³-hybridized carbons (Fsp3) is 0.250. The molecule has 2 rings (SSSR count). The number of carbonyl (C=O) groups excluding carboxylic acids is 1. The molecule has 0 fully saturated rings. The zero-order chi connectivity index (χ0) is 12.3. The second-order valence-electron chi connectivity index (χ2n) is 3.73. The first kappa shape index (κ1) is 11.9. The molecule has 0 radical (unpaired) electrons. The van der Waals surface area contributed by atoms with Gasteiger partial charge in [-0.25, -0.2) is 0 Å². The van der Waals surface area contributed by atoms with Crippen LogP contribution in [0.15, 0.2) is 33.9 Å². The van der Waals surface area contributed by atoms with Gasteiger partial charge in [-0.05, 0) is 26.0 Å². The number of hydrogen-bond donors (Lipinski definition) is 0. The monoisotopic (exact) mass is 248 g/mol. The van der Waals surface area contributed by atoms with Crippen molar-refractivity contribution in [2.75, 3.05) is 5.75 Å². The maximum Gasteiger partial charge on any atom is 0.277 e. The Kier molecular flexibility index (Phi) is 3.58. The van der Waals surface area contributed by atoms with E-state index in [0.717, 1.165) is 11.1 Å². The normalized spacial score (nSPS) is 10.5. The largest absolute Gasteiger partial charge is 0.411 e. The average Bonchev–Trinajstić information content (AvgIpc) is 2.75. The lowest BCUT2D eigenvalue weighted by Gasteiger charge is -1.95. The van der Waals surface area contributed by atoms with Crippen molar-refractivity contribution in [1.82, 2.24) is 10.2 Å². The van der Waals surface area contributed by atoms with Crippen molar-refractivity contribution in [3.05, 3.63) is 29.8 Å². The molecule has 5 heteroatoms. The van der Waals surface area contributed by atoms with Gasteiger partial charge in [0.15, 0.2) is 0 Å². The van der Waals surface area contributed by atoms with Crippen molar-refractivity contribution in [2.45, 2.75) is 19.1 Å². The van der Waals surface area contributed by atoms with Gasteiger partial charge in [0.05, 0.1) is 5.75 Å². The van der Waals surface area contributed by atoms with Gasteiger partial charge in [0, 0.05) is 5.56 Å². The van der Waals surface area contributed by atoms with E-state index in [-0.39, 0.29) is 5.78 Å². The van der Waals surface area contributed by atoms with Crippen LogP contribution < -0.4 is 0 Å². The Balaban J connectivity index is 2.15. The van der Waals surface area contributed by atoms with Gasteiger partial charge in [-0.2, -0.15) is 0 Å². The molecule has 0 bridgehead atoms. The van der Waals surface area contributed by atoms with Crippen LogP contribution in [0, 0.1) is 6.92 Å². The number of nitrogens with zero attached hydrogens (tertiary/aromatic N) is 2. The van der Waals surface area contributed by atoms with E-state index in [0.29, 0.717) is 16.9 Å². The fourth-order valence-electron chi connectivity index (χ4n) is 1.33. The maximum absolute atomic E-state index is 10.8. The van der Waals surface area contributed by atoms with Crippen molar-refractivity contribution < 1.29 is 9.21 Å². The highest BCUT2D eigenvalue weighted by Gasteiger charge is 2.09. The van der Waals surface area contributed by atoms with Crippen molar-refractivity contribution in [2.24, 2.45) is 0 Å². The Morgan fingerprint density at radius 2 is 2.24 bits per heavy atom. The second kappa shape index (κ2) is 5.14. The summed E-state index contributed by atoms with van der Waals surface area (Å²) in [6.45, 7) is 3.54. The predicted molar refractivity (Wildman–Crippen MR) is 65.9 cm³/mol. The highest BCUT2D eigenvalue weighted by Crippen LogP contribution is 2.23. The molecule has 4 nitrogen and oxygen atoms in total. The lowest BCUT2D eigenvalue weighted by Crippen LogP contribution is -1.92. The molecule has 17 heavy (non-hydrogen) atoms. The van der Waals surface area contributed by atoms with E-state index in [2.05, 4.69) is 10.2 Å². The predicted octanol–water partition coefficient (Wildman–Crippen LogP) is 2.73. The first-order valence-electron chi connectivity index (χ1n) is 5.18. The molecule has 1 aromatic heterocycles. The second-order valence-corrected chi connectivity index (χ2v) is 4.66. The van der Waals surface area contributed by atoms with Crippen LogP contribution in [0.1, 0.15) is 12.5 Å². The molecule has 2 aromatic rings. The fourth-order valence-corrected chi connectivity index (χ4v) is 1.89. The number of thioether (sulfide) groups is 1. The highest BCUT2D eigenvalue weighted by atomic mass is 32.2. The first-order chi connectivity index (χ1) is 8.15. The van der Waals surface area contributed by atoms with Crippen LogP contribution in [-0.2, 0) is 4.79 Å². The van der Waals surface area contributed by atoms with Crippen molar-refractivity contribution >= 4 is 17.5 Å². The van der Waals surface area contributed by atoms with Crippen LogP contribution in [0.3, 0.4) is 0 Å². The third kappa shape index (κ3) is 3.17. The van der Waals surface area contributed by atoms with Gasteiger partial charge in [0.2, 0.25) is 5.89 Å². The highest BCUT2D eigenvalue weighted by molar-refractivity contribution is 7.99. The van der Waals surface area contributed by atoms with E-state index in [4.69, 9.17) is 4.42 Å². The van der Waals surface area contributed by atoms with Crippen LogP contribution in [0.25, 0.3) is 11.5 Å². The van der Waals surface area contributed by atoms with E-state index in [9.17, 15) is 4.79 Å². The minimum Gasteiger partial charge on any atom is -0.411 e. The smallest absolute Gasteiger partial charge is 0.277 e. The van der Waals surface area contributed by atoms with Gasteiger partial charge >= 0.3 is 0 Å². The third-order valence-corrected chi connectivity index (χ3v) is 3.03. The Hall–Kier alpha value is -1.62. The number of hydrogen-bond acceptors (Lipinski definition) is 5. The summed E-state index contributed by atoms with van der Waals surface area (Å²) in [5.41, 5.74) is 2.03. The molecule has 0 spiro atoms.